The molecule has 8 heteroatoms. The molecule has 2 rings (SSSR count). The van der Waals surface area contributed by atoms with Gasteiger partial charge in [0.05, 0.1) is 6.61 Å². The lowest BCUT2D eigenvalue weighted by molar-refractivity contribution is 0.0521. The molecule has 0 radical (unpaired) electrons. The molecular formula is C8H8N4O4. The summed E-state index contributed by atoms with van der Waals surface area (Å²) in [6, 6.07) is 0. The van der Waals surface area contributed by atoms with Crippen molar-refractivity contribution in [2.75, 3.05) is 6.61 Å². The Bertz CT molecular complexity index is 650. The van der Waals surface area contributed by atoms with Gasteiger partial charge in [-0.1, -0.05) is 0 Å². The molecule has 0 saturated heterocycles. The molecule has 0 spiro atoms. The van der Waals surface area contributed by atoms with E-state index in [4.69, 9.17) is 4.74 Å². The van der Waals surface area contributed by atoms with Crippen molar-refractivity contribution in [1.82, 2.24) is 20.2 Å². The van der Waals surface area contributed by atoms with E-state index >= 15 is 0 Å². The van der Waals surface area contributed by atoms with Gasteiger partial charge in [-0.25, -0.2) is 9.59 Å². The zero-order chi connectivity index (χ0) is 11.7. The first-order chi connectivity index (χ1) is 7.63. The van der Waals surface area contributed by atoms with E-state index in [1.54, 1.807) is 6.92 Å². The maximum absolute atomic E-state index is 11.4. The molecule has 0 aliphatic heterocycles. The average Bonchev–Trinajstić information content (AvgIpc) is 2.61. The number of nitrogens with one attached hydrogen (secondary N) is 3. The number of hydrogen-bond donors (Lipinski definition) is 3. The molecule has 0 unspecified atom stereocenters. The number of aromatic nitrogens is 4. The second-order valence-electron chi connectivity index (χ2n) is 2.95. The molecule has 0 saturated carbocycles. The second-order valence-corrected chi connectivity index (χ2v) is 2.95. The maximum Gasteiger partial charge on any atom is 0.358 e. The molecule has 3 N–H and O–H groups in total. The Hall–Kier alpha value is -2.38. The van der Waals surface area contributed by atoms with Crippen LogP contribution in [0.2, 0.25) is 0 Å². The van der Waals surface area contributed by atoms with Crippen molar-refractivity contribution in [3.63, 3.8) is 0 Å². The summed E-state index contributed by atoms with van der Waals surface area (Å²) in [5, 5.41) is 5.97. The number of carbonyl (C=O) groups excluding carboxylic acids is 1. The van der Waals surface area contributed by atoms with E-state index in [1.165, 1.54) is 0 Å². The Labute approximate surface area is 87.6 Å². The summed E-state index contributed by atoms with van der Waals surface area (Å²) in [5.41, 5.74) is -1.40. The number of fused-ring (bicyclic) bond motifs is 1. The summed E-state index contributed by atoms with van der Waals surface area (Å²) in [6.45, 7) is 1.83. The van der Waals surface area contributed by atoms with Gasteiger partial charge in [-0.15, -0.1) is 0 Å². The molecule has 0 aliphatic rings. The molecule has 0 atom stereocenters. The van der Waals surface area contributed by atoms with E-state index in [-0.39, 0.29) is 23.3 Å². The van der Waals surface area contributed by atoms with Gasteiger partial charge >= 0.3 is 11.7 Å². The van der Waals surface area contributed by atoms with Crippen molar-refractivity contribution >= 4 is 17.0 Å². The molecule has 0 bridgehead atoms. The van der Waals surface area contributed by atoms with Gasteiger partial charge in [0.1, 0.15) is 5.52 Å². The Morgan fingerprint density at radius 2 is 2.12 bits per heavy atom. The highest BCUT2D eigenvalue weighted by Gasteiger charge is 2.17. The molecule has 0 aromatic carbocycles. The van der Waals surface area contributed by atoms with Gasteiger partial charge in [0.2, 0.25) is 0 Å². The summed E-state index contributed by atoms with van der Waals surface area (Å²) in [6.07, 6.45) is 0. The maximum atomic E-state index is 11.4. The summed E-state index contributed by atoms with van der Waals surface area (Å²) >= 11 is 0. The number of rotatable bonds is 2. The van der Waals surface area contributed by atoms with Crippen LogP contribution in [0.4, 0.5) is 0 Å². The Kier molecular flexibility index (Phi) is 2.31. The summed E-state index contributed by atoms with van der Waals surface area (Å²) in [4.78, 5) is 38.0. The van der Waals surface area contributed by atoms with Crippen molar-refractivity contribution in [2.24, 2.45) is 0 Å². The standard InChI is InChI=1S/C8H8N4O4/c1-2-16-7(14)5-3-4(11-12-5)6(13)10-8(15)9-3/h2H2,1H3,(H,11,12)(H2,9,10,13,15). The van der Waals surface area contributed by atoms with E-state index < -0.39 is 17.2 Å². The quantitative estimate of drug-likeness (QED) is 0.572. The fourth-order valence-electron chi connectivity index (χ4n) is 1.29. The van der Waals surface area contributed by atoms with Crippen molar-refractivity contribution in [2.45, 2.75) is 6.92 Å². The zero-order valence-electron chi connectivity index (χ0n) is 8.29. The smallest absolute Gasteiger partial charge is 0.358 e. The Balaban J connectivity index is 2.69. The average molecular weight is 224 g/mol. The lowest BCUT2D eigenvalue weighted by Gasteiger charge is -1.97. The minimum atomic E-state index is -0.704. The van der Waals surface area contributed by atoms with Gasteiger partial charge in [0.15, 0.2) is 11.2 Å². The predicted molar refractivity (Wildman–Crippen MR) is 53.3 cm³/mol. The Morgan fingerprint density at radius 3 is 2.81 bits per heavy atom. The third-order valence-electron chi connectivity index (χ3n) is 1.93. The van der Waals surface area contributed by atoms with E-state index in [1.807, 2.05) is 4.98 Å². The van der Waals surface area contributed by atoms with Gasteiger partial charge in [-0.3, -0.25) is 14.9 Å². The number of aromatic amines is 3. The minimum absolute atomic E-state index is 0.0392. The first-order valence-corrected chi connectivity index (χ1v) is 4.51. The fraction of sp³-hybridized carbons (Fsp3) is 0.250. The van der Waals surface area contributed by atoms with Crippen LogP contribution in [-0.4, -0.2) is 32.7 Å². The first kappa shape index (κ1) is 10.1. The van der Waals surface area contributed by atoms with Crippen LogP contribution < -0.4 is 11.2 Å². The lowest BCUT2D eigenvalue weighted by atomic mass is 10.3. The van der Waals surface area contributed by atoms with E-state index in [2.05, 4.69) is 15.2 Å². The van der Waals surface area contributed by atoms with Gasteiger partial charge in [-0.2, -0.15) is 5.10 Å². The number of H-pyrrole nitrogens is 3. The topological polar surface area (TPSA) is 121 Å². The normalized spacial score (nSPS) is 10.6. The molecule has 2 aromatic heterocycles. The van der Waals surface area contributed by atoms with E-state index in [0.29, 0.717) is 0 Å². The molecule has 0 aliphatic carbocycles. The van der Waals surface area contributed by atoms with Crippen molar-refractivity contribution in [3.8, 4) is 0 Å². The summed E-state index contributed by atoms with van der Waals surface area (Å²) < 4.78 is 4.73. The molecule has 0 fully saturated rings. The number of nitrogens with zero attached hydrogens (tertiary/aromatic N) is 1. The third kappa shape index (κ3) is 1.49. The van der Waals surface area contributed by atoms with Crippen molar-refractivity contribution in [1.29, 1.82) is 0 Å². The fourth-order valence-corrected chi connectivity index (χ4v) is 1.29. The van der Waals surface area contributed by atoms with Crippen LogP contribution in [0.15, 0.2) is 9.59 Å². The number of carbonyl (C=O) groups is 1. The van der Waals surface area contributed by atoms with Crippen LogP contribution in [0.25, 0.3) is 11.0 Å². The van der Waals surface area contributed by atoms with Crippen LogP contribution in [-0.2, 0) is 4.74 Å². The van der Waals surface area contributed by atoms with Crippen LogP contribution in [0.3, 0.4) is 0 Å². The molecular weight excluding hydrogens is 216 g/mol. The number of ether oxygens (including phenoxy) is 1. The van der Waals surface area contributed by atoms with Gasteiger partial charge in [-0.05, 0) is 6.92 Å². The highest BCUT2D eigenvalue weighted by molar-refractivity contribution is 5.99. The highest BCUT2D eigenvalue weighted by atomic mass is 16.5. The largest absolute Gasteiger partial charge is 0.461 e. The third-order valence-corrected chi connectivity index (χ3v) is 1.93. The number of hydrogen-bond acceptors (Lipinski definition) is 5. The molecule has 2 heterocycles. The van der Waals surface area contributed by atoms with Crippen molar-refractivity contribution < 1.29 is 9.53 Å². The predicted octanol–water partition coefficient (Wildman–Crippen LogP) is -0.884. The summed E-state index contributed by atoms with van der Waals surface area (Å²) in [7, 11) is 0. The lowest BCUT2D eigenvalue weighted by Crippen LogP contribution is -2.22. The molecule has 8 nitrogen and oxygen atoms in total. The molecule has 2 aromatic rings. The van der Waals surface area contributed by atoms with Crippen LogP contribution in [0, 0.1) is 0 Å². The molecule has 16 heavy (non-hydrogen) atoms. The molecule has 0 amide bonds. The first-order valence-electron chi connectivity index (χ1n) is 4.51. The second kappa shape index (κ2) is 3.65. The SMILES string of the molecule is CCOC(=O)c1[nH]nc2c(=O)[nH]c(=O)[nH]c12. The van der Waals surface area contributed by atoms with Crippen molar-refractivity contribution in [3.05, 3.63) is 26.5 Å². The number of esters is 1. The Morgan fingerprint density at radius 1 is 1.38 bits per heavy atom. The highest BCUT2D eigenvalue weighted by Crippen LogP contribution is 2.08. The summed E-state index contributed by atoms with van der Waals surface area (Å²) in [5.74, 6) is -0.675. The van der Waals surface area contributed by atoms with Crippen LogP contribution in [0.5, 0.6) is 0 Å². The van der Waals surface area contributed by atoms with Gasteiger partial charge < -0.3 is 9.72 Å². The minimum Gasteiger partial charge on any atom is -0.461 e. The van der Waals surface area contributed by atoms with Crippen LogP contribution in [0.1, 0.15) is 17.4 Å². The monoisotopic (exact) mass is 224 g/mol. The zero-order valence-corrected chi connectivity index (χ0v) is 8.29. The van der Waals surface area contributed by atoms with Crippen LogP contribution >= 0.6 is 0 Å². The van der Waals surface area contributed by atoms with Gasteiger partial charge in [0, 0.05) is 0 Å². The molecule has 84 valence electrons. The van der Waals surface area contributed by atoms with E-state index in [9.17, 15) is 14.4 Å². The van der Waals surface area contributed by atoms with Gasteiger partial charge in [0.25, 0.3) is 5.56 Å². The van der Waals surface area contributed by atoms with E-state index in [0.717, 1.165) is 0 Å².